The summed E-state index contributed by atoms with van der Waals surface area (Å²) in [6, 6.07) is 16.8. The minimum Gasteiger partial charge on any atom is -0.487 e. The normalized spacial score (nSPS) is 19.8. The Kier molecular flexibility index (Phi) is 5.96. The van der Waals surface area contributed by atoms with Crippen LogP contribution in [-0.2, 0) is 11.2 Å². The zero-order valence-electron chi connectivity index (χ0n) is 16.6. The zero-order valence-corrected chi connectivity index (χ0v) is 17.4. The van der Waals surface area contributed by atoms with Gasteiger partial charge in [0.1, 0.15) is 11.4 Å². The number of aryl methyl sites for hydroxylation is 1. The zero-order chi connectivity index (χ0) is 19.4. The number of benzene rings is 2. The highest BCUT2D eigenvalue weighted by Gasteiger charge is 2.43. The predicted octanol–water partition coefficient (Wildman–Crippen LogP) is 5.22. The van der Waals surface area contributed by atoms with Crippen molar-refractivity contribution in [2.45, 2.75) is 56.3 Å². The summed E-state index contributed by atoms with van der Waals surface area (Å²) in [4.78, 5) is 12.4. The van der Waals surface area contributed by atoms with Gasteiger partial charge in [-0.05, 0) is 50.7 Å². The van der Waals surface area contributed by atoms with E-state index in [4.69, 9.17) is 4.74 Å². The van der Waals surface area contributed by atoms with Gasteiger partial charge in [0.15, 0.2) is 0 Å². The number of fused-ring (bicyclic) bond motifs is 1. The monoisotopic (exact) mass is 395 g/mol. The van der Waals surface area contributed by atoms with Crippen LogP contribution in [0.1, 0.15) is 54.0 Å². The SMILES string of the molecule is Cc1ccc2c(c1)[C@H](SCC(=O)NCCc1ccccc1)CC1(CCCC1)O2. The lowest BCUT2D eigenvalue weighted by Crippen LogP contribution is -2.38. The third-order valence-corrected chi connectivity index (χ3v) is 7.16. The van der Waals surface area contributed by atoms with Gasteiger partial charge >= 0.3 is 0 Å². The first-order chi connectivity index (χ1) is 13.6. The van der Waals surface area contributed by atoms with Crippen molar-refractivity contribution >= 4 is 17.7 Å². The second kappa shape index (κ2) is 8.60. The molecule has 0 radical (unpaired) electrons. The van der Waals surface area contributed by atoms with Crippen LogP contribution < -0.4 is 10.1 Å². The molecule has 1 heterocycles. The average Bonchev–Trinajstić information content (AvgIpc) is 3.15. The van der Waals surface area contributed by atoms with Crippen LogP contribution in [0.25, 0.3) is 0 Å². The van der Waals surface area contributed by atoms with Gasteiger partial charge in [0.05, 0.1) is 5.75 Å². The maximum atomic E-state index is 12.4. The standard InChI is InChI=1S/C24H29NO2S/c1-18-9-10-21-20(15-18)22(16-24(27-21)12-5-6-13-24)28-17-23(26)25-14-11-19-7-3-2-4-8-19/h2-4,7-10,15,22H,5-6,11-14,16-17H2,1H3,(H,25,26)/t22-/m1/s1. The maximum absolute atomic E-state index is 12.4. The van der Waals surface area contributed by atoms with E-state index >= 15 is 0 Å². The van der Waals surface area contributed by atoms with E-state index in [-0.39, 0.29) is 11.5 Å². The summed E-state index contributed by atoms with van der Waals surface area (Å²) in [6.45, 7) is 2.81. The molecule has 1 spiro atoms. The van der Waals surface area contributed by atoms with Crippen molar-refractivity contribution in [2.75, 3.05) is 12.3 Å². The van der Waals surface area contributed by atoms with E-state index in [1.807, 2.05) is 18.2 Å². The molecule has 1 aliphatic carbocycles. The number of carbonyl (C=O) groups is 1. The Labute approximate surface area is 172 Å². The lowest BCUT2D eigenvalue weighted by atomic mass is 9.88. The largest absolute Gasteiger partial charge is 0.487 e. The van der Waals surface area contributed by atoms with Gasteiger partial charge in [-0.15, -0.1) is 11.8 Å². The van der Waals surface area contributed by atoms with Crippen LogP contribution in [0.4, 0.5) is 0 Å². The van der Waals surface area contributed by atoms with Crippen molar-refractivity contribution in [1.29, 1.82) is 0 Å². The Morgan fingerprint density at radius 3 is 2.75 bits per heavy atom. The van der Waals surface area contributed by atoms with Crippen LogP contribution in [0.3, 0.4) is 0 Å². The molecule has 1 aliphatic heterocycles. The van der Waals surface area contributed by atoms with Gasteiger partial charge in [-0.25, -0.2) is 0 Å². The summed E-state index contributed by atoms with van der Waals surface area (Å²) in [5, 5.41) is 3.41. The highest BCUT2D eigenvalue weighted by atomic mass is 32.2. The van der Waals surface area contributed by atoms with Crippen molar-refractivity contribution in [2.24, 2.45) is 0 Å². The number of ether oxygens (including phenoxy) is 1. The van der Waals surface area contributed by atoms with Crippen LogP contribution in [0.5, 0.6) is 5.75 Å². The van der Waals surface area contributed by atoms with Crippen molar-refractivity contribution < 1.29 is 9.53 Å². The molecule has 2 aliphatic rings. The fourth-order valence-electron chi connectivity index (χ4n) is 4.43. The molecule has 28 heavy (non-hydrogen) atoms. The van der Waals surface area contributed by atoms with Gasteiger partial charge < -0.3 is 10.1 Å². The molecule has 1 amide bonds. The molecule has 1 N–H and O–H groups in total. The first kappa shape index (κ1) is 19.4. The van der Waals surface area contributed by atoms with E-state index in [0.29, 0.717) is 17.5 Å². The Balaban J connectivity index is 1.35. The first-order valence-corrected chi connectivity index (χ1v) is 11.4. The van der Waals surface area contributed by atoms with Gasteiger partial charge in [-0.3, -0.25) is 4.79 Å². The van der Waals surface area contributed by atoms with Crippen molar-refractivity contribution in [3.8, 4) is 5.75 Å². The number of hydrogen-bond donors (Lipinski definition) is 1. The van der Waals surface area contributed by atoms with Crippen molar-refractivity contribution in [3.05, 3.63) is 65.2 Å². The number of amides is 1. The lowest BCUT2D eigenvalue weighted by molar-refractivity contribution is -0.118. The summed E-state index contributed by atoms with van der Waals surface area (Å²) in [6.07, 6.45) is 6.67. The number of nitrogens with one attached hydrogen (secondary N) is 1. The molecule has 4 rings (SSSR count). The molecule has 1 fully saturated rings. The second-order valence-corrected chi connectivity index (χ2v) is 9.31. The van der Waals surface area contributed by atoms with Crippen molar-refractivity contribution in [1.82, 2.24) is 5.32 Å². The summed E-state index contributed by atoms with van der Waals surface area (Å²) in [5.74, 6) is 1.66. The molecule has 148 valence electrons. The molecule has 2 aromatic carbocycles. The summed E-state index contributed by atoms with van der Waals surface area (Å²) >= 11 is 1.77. The molecule has 4 heteroatoms. The third kappa shape index (κ3) is 4.54. The maximum Gasteiger partial charge on any atom is 0.230 e. The summed E-state index contributed by atoms with van der Waals surface area (Å²) in [5.41, 5.74) is 3.76. The van der Waals surface area contributed by atoms with Gasteiger partial charge in [-0.2, -0.15) is 0 Å². The van der Waals surface area contributed by atoms with Crippen LogP contribution >= 0.6 is 11.8 Å². The molecular formula is C24H29NO2S. The third-order valence-electron chi connectivity index (χ3n) is 5.91. The quantitative estimate of drug-likeness (QED) is 0.728. The van der Waals surface area contributed by atoms with Gasteiger partial charge in [0, 0.05) is 23.8 Å². The van der Waals surface area contributed by atoms with Crippen LogP contribution in [0, 0.1) is 6.92 Å². The van der Waals surface area contributed by atoms with Gasteiger partial charge in [0.2, 0.25) is 5.91 Å². The lowest BCUT2D eigenvalue weighted by Gasteiger charge is -2.40. The molecule has 1 atom stereocenters. The summed E-state index contributed by atoms with van der Waals surface area (Å²) in [7, 11) is 0. The molecule has 3 nitrogen and oxygen atoms in total. The Morgan fingerprint density at radius 1 is 1.18 bits per heavy atom. The van der Waals surface area contributed by atoms with Gasteiger partial charge in [-0.1, -0.05) is 48.0 Å². The fourth-order valence-corrected chi connectivity index (χ4v) is 5.67. The number of hydrogen-bond acceptors (Lipinski definition) is 3. The molecule has 0 bridgehead atoms. The van der Waals surface area contributed by atoms with E-state index in [9.17, 15) is 4.79 Å². The van der Waals surface area contributed by atoms with Crippen LogP contribution in [0.2, 0.25) is 0 Å². The fraction of sp³-hybridized carbons (Fsp3) is 0.458. The van der Waals surface area contributed by atoms with E-state index in [2.05, 4.69) is 42.6 Å². The molecule has 2 aromatic rings. The number of carbonyl (C=O) groups excluding carboxylic acids is 1. The first-order valence-electron chi connectivity index (χ1n) is 10.4. The molecule has 0 aromatic heterocycles. The second-order valence-electron chi connectivity index (χ2n) is 8.12. The van der Waals surface area contributed by atoms with E-state index in [0.717, 1.165) is 31.4 Å². The van der Waals surface area contributed by atoms with Gasteiger partial charge in [0.25, 0.3) is 0 Å². The minimum atomic E-state index is -0.0102. The summed E-state index contributed by atoms with van der Waals surface area (Å²) < 4.78 is 6.47. The number of rotatable bonds is 6. The van der Waals surface area contributed by atoms with E-state index < -0.39 is 0 Å². The Bertz CT molecular complexity index is 815. The molecule has 1 saturated carbocycles. The molecule has 0 saturated heterocycles. The van der Waals surface area contributed by atoms with Crippen LogP contribution in [-0.4, -0.2) is 23.8 Å². The highest BCUT2D eigenvalue weighted by molar-refractivity contribution is 8.00. The topological polar surface area (TPSA) is 38.3 Å². The Morgan fingerprint density at radius 2 is 1.96 bits per heavy atom. The average molecular weight is 396 g/mol. The smallest absolute Gasteiger partial charge is 0.230 e. The van der Waals surface area contributed by atoms with Crippen molar-refractivity contribution in [3.63, 3.8) is 0 Å². The predicted molar refractivity (Wildman–Crippen MR) is 116 cm³/mol. The van der Waals surface area contributed by atoms with Crippen LogP contribution in [0.15, 0.2) is 48.5 Å². The van der Waals surface area contributed by atoms with E-state index in [1.54, 1.807) is 11.8 Å². The molecule has 0 unspecified atom stereocenters. The van der Waals surface area contributed by atoms with E-state index in [1.165, 1.54) is 29.5 Å². The number of thioether (sulfide) groups is 1. The molecular weight excluding hydrogens is 366 g/mol. The minimum absolute atomic E-state index is 0.0102. The highest BCUT2D eigenvalue weighted by Crippen LogP contribution is 2.51. The Hall–Kier alpha value is -1.94.